The number of hydrogen-bond acceptors (Lipinski definition) is 4. The quantitative estimate of drug-likeness (QED) is 0.660. The number of carbonyl (C=O) groups is 2. The van der Waals surface area contributed by atoms with Crippen LogP contribution in [0.1, 0.15) is 48.9 Å². The summed E-state index contributed by atoms with van der Waals surface area (Å²) in [6.07, 6.45) is 6.24. The van der Waals surface area contributed by atoms with E-state index in [1.54, 1.807) is 12.1 Å². The fraction of sp³-hybridized carbons (Fsp3) is 0.500. The van der Waals surface area contributed by atoms with Crippen molar-refractivity contribution in [2.45, 2.75) is 38.5 Å². The second-order valence-electron chi connectivity index (χ2n) is 5.45. The van der Waals surface area contributed by atoms with Crippen LogP contribution < -0.4 is 5.32 Å². The van der Waals surface area contributed by atoms with Crippen LogP contribution in [0.25, 0.3) is 0 Å². The molecule has 5 heteroatoms. The fourth-order valence-electron chi connectivity index (χ4n) is 2.77. The van der Waals surface area contributed by atoms with Crippen LogP contribution in [0.4, 0.5) is 5.69 Å². The predicted octanol–water partition coefficient (Wildman–Crippen LogP) is 3.09. The van der Waals surface area contributed by atoms with E-state index in [0.29, 0.717) is 12.3 Å². The first kappa shape index (κ1) is 15.4. The van der Waals surface area contributed by atoms with Crippen molar-refractivity contribution in [3.05, 3.63) is 23.8 Å². The smallest absolute Gasteiger partial charge is 0.341 e. The van der Waals surface area contributed by atoms with Crippen LogP contribution in [0.15, 0.2) is 18.2 Å². The van der Waals surface area contributed by atoms with Crippen LogP contribution in [0.5, 0.6) is 5.75 Å². The zero-order chi connectivity index (χ0) is 15.2. The maximum Gasteiger partial charge on any atom is 0.341 e. The molecule has 0 unspecified atom stereocenters. The van der Waals surface area contributed by atoms with Crippen LogP contribution >= 0.6 is 0 Å². The third kappa shape index (κ3) is 3.97. The molecule has 0 atom stereocenters. The van der Waals surface area contributed by atoms with Gasteiger partial charge in [0.1, 0.15) is 5.56 Å². The van der Waals surface area contributed by atoms with Gasteiger partial charge in [0.15, 0.2) is 5.75 Å². The highest BCUT2D eigenvalue weighted by Gasteiger charge is 2.19. The lowest BCUT2D eigenvalue weighted by atomic mass is 9.87. The van der Waals surface area contributed by atoms with Gasteiger partial charge in [-0.05, 0) is 30.9 Å². The number of phenolic OH excluding ortho intramolecular Hbond substituents is 1. The Balaban J connectivity index is 2.01. The number of carbonyl (C=O) groups excluding carboxylic acids is 2. The number of anilines is 1. The topological polar surface area (TPSA) is 75.6 Å². The number of aromatic hydroxyl groups is 1. The molecular formula is C16H21NO4. The average Bonchev–Trinajstić information content (AvgIpc) is 2.49. The number of methoxy groups -OCH3 is 1. The summed E-state index contributed by atoms with van der Waals surface area (Å²) in [5, 5.41) is 12.7. The Morgan fingerprint density at radius 1 is 1.29 bits per heavy atom. The standard InChI is InChI=1S/C16H21NO4/c1-21-16(20)12-8-5-9-13(15(12)19)17-14(18)10-11-6-3-2-4-7-11/h5,8-9,11,19H,2-4,6-7,10H2,1H3,(H,17,18). The number of amides is 1. The second kappa shape index (κ2) is 7.11. The Hall–Kier alpha value is -2.04. The lowest BCUT2D eigenvalue weighted by Gasteiger charge is -2.21. The Labute approximate surface area is 124 Å². The van der Waals surface area contributed by atoms with Gasteiger partial charge in [0.05, 0.1) is 12.8 Å². The van der Waals surface area contributed by atoms with Crippen LogP contribution in [0, 0.1) is 5.92 Å². The summed E-state index contributed by atoms with van der Waals surface area (Å²) < 4.78 is 4.59. The normalized spacial score (nSPS) is 15.5. The van der Waals surface area contributed by atoms with Crippen molar-refractivity contribution in [2.75, 3.05) is 12.4 Å². The lowest BCUT2D eigenvalue weighted by molar-refractivity contribution is -0.117. The van der Waals surface area contributed by atoms with E-state index in [0.717, 1.165) is 12.8 Å². The van der Waals surface area contributed by atoms with Crippen molar-refractivity contribution < 1.29 is 19.4 Å². The molecular weight excluding hydrogens is 270 g/mol. The number of phenols is 1. The number of ether oxygens (including phenoxy) is 1. The third-order valence-corrected chi connectivity index (χ3v) is 3.91. The van der Waals surface area contributed by atoms with Crippen LogP contribution in [0.3, 0.4) is 0 Å². The maximum atomic E-state index is 12.0. The summed E-state index contributed by atoms with van der Waals surface area (Å²) in [5.41, 5.74) is 0.298. The largest absolute Gasteiger partial charge is 0.505 e. The van der Waals surface area contributed by atoms with E-state index in [-0.39, 0.29) is 22.9 Å². The van der Waals surface area contributed by atoms with Gasteiger partial charge in [-0.3, -0.25) is 4.79 Å². The van der Waals surface area contributed by atoms with Crippen molar-refractivity contribution in [3.8, 4) is 5.75 Å². The van der Waals surface area contributed by atoms with E-state index in [9.17, 15) is 14.7 Å². The van der Waals surface area contributed by atoms with Gasteiger partial charge in [0, 0.05) is 6.42 Å². The van der Waals surface area contributed by atoms with Crippen molar-refractivity contribution in [3.63, 3.8) is 0 Å². The molecule has 0 heterocycles. The molecule has 1 aromatic rings. The molecule has 1 saturated carbocycles. The first-order valence-corrected chi connectivity index (χ1v) is 7.32. The Morgan fingerprint density at radius 3 is 2.67 bits per heavy atom. The summed E-state index contributed by atoms with van der Waals surface area (Å²) >= 11 is 0. The third-order valence-electron chi connectivity index (χ3n) is 3.91. The molecule has 1 aromatic carbocycles. The fourth-order valence-corrected chi connectivity index (χ4v) is 2.77. The summed E-state index contributed by atoms with van der Waals surface area (Å²) in [7, 11) is 1.25. The van der Waals surface area contributed by atoms with Crippen molar-refractivity contribution in [2.24, 2.45) is 5.92 Å². The molecule has 21 heavy (non-hydrogen) atoms. The minimum atomic E-state index is -0.629. The number of hydrogen-bond donors (Lipinski definition) is 2. The Morgan fingerprint density at radius 2 is 2.00 bits per heavy atom. The first-order valence-electron chi connectivity index (χ1n) is 7.32. The number of nitrogens with one attached hydrogen (secondary N) is 1. The number of benzene rings is 1. The zero-order valence-electron chi connectivity index (χ0n) is 12.2. The molecule has 0 radical (unpaired) electrons. The van der Waals surface area contributed by atoms with Crippen LogP contribution in [-0.4, -0.2) is 24.1 Å². The molecule has 1 aliphatic rings. The predicted molar refractivity (Wildman–Crippen MR) is 79.3 cm³/mol. The van der Waals surface area contributed by atoms with Crippen LogP contribution in [0.2, 0.25) is 0 Å². The molecule has 0 aliphatic heterocycles. The lowest BCUT2D eigenvalue weighted by Crippen LogP contribution is -2.18. The van der Waals surface area contributed by atoms with Crippen molar-refractivity contribution in [1.82, 2.24) is 0 Å². The molecule has 1 fully saturated rings. The number of rotatable bonds is 4. The van der Waals surface area contributed by atoms with Crippen LogP contribution in [-0.2, 0) is 9.53 Å². The summed E-state index contributed by atoms with van der Waals surface area (Å²) in [4.78, 5) is 23.5. The Kier molecular flexibility index (Phi) is 5.20. The van der Waals surface area contributed by atoms with Gasteiger partial charge in [0.2, 0.25) is 5.91 Å². The molecule has 2 N–H and O–H groups in total. The SMILES string of the molecule is COC(=O)c1cccc(NC(=O)CC2CCCCC2)c1O. The molecule has 1 aliphatic carbocycles. The Bertz CT molecular complexity index is 521. The number of para-hydroxylation sites is 1. The molecule has 0 bridgehead atoms. The van der Waals surface area contributed by atoms with E-state index < -0.39 is 5.97 Å². The highest BCUT2D eigenvalue weighted by Crippen LogP contribution is 2.30. The highest BCUT2D eigenvalue weighted by atomic mass is 16.5. The highest BCUT2D eigenvalue weighted by molar-refractivity contribution is 5.98. The van der Waals surface area contributed by atoms with Gasteiger partial charge in [-0.15, -0.1) is 0 Å². The van der Waals surface area contributed by atoms with Gasteiger partial charge in [-0.2, -0.15) is 0 Å². The van der Waals surface area contributed by atoms with Gasteiger partial charge in [-0.25, -0.2) is 4.79 Å². The molecule has 1 amide bonds. The molecule has 0 aromatic heterocycles. The maximum absolute atomic E-state index is 12.0. The van der Waals surface area contributed by atoms with E-state index in [1.807, 2.05) is 0 Å². The monoisotopic (exact) mass is 291 g/mol. The van der Waals surface area contributed by atoms with E-state index in [1.165, 1.54) is 32.4 Å². The van der Waals surface area contributed by atoms with Gasteiger partial charge < -0.3 is 15.2 Å². The number of esters is 1. The average molecular weight is 291 g/mol. The van der Waals surface area contributed by atoms with Crippen molar-refractivity contribution in [1.29, 1.82) is 0 Å². The summed E-state index contributed by atoms with van der Waals surface area (Å²) in [6, 6.07) is 4.63. The minimum Gasteiger partial charge on any atom is -0.505 e. The minimum absolute atomic E-state index is 0.0490. The summed E-state index contributed by atoms with van der Waals surface area (Å²) in [6.45, 7) is 0. The van der Waals surface area contributed by atoms with Gasteiger partial charge >= 0.3 is 5.97 Å². The second-order valence-corrected chi connectivity index (χ2v) is 5.45. The van der Waals surface area contributed by atoms with Crippen molar-refractivity contribution >= 4 is 17.6 Å². The first-order chi connectivity index (χ1) is 10.1. The molecule has 0 spiro atoms. The molecule has 0 saturated heterocycles. The zero-order valence-corrected chi connectivity index (χ0v) is 12.2. The van der Waals surface area contributed by atoms with Gasteiger partial charge in [0.25, 0.3) is 0 Å². The molecule has 5 nitrogen and oxygen atoms in total. The molecule has 2 rings (SSSR count). The summed E-state index contributed by atoms with van der Waals surface area (Å²) in [5.74, 6) is -0.582. The molecule has 114 valence electrons. The van der Waals surface area contributed by atoms with E-state index in [4.69, 9.17) is 0 Å². The van der Waals surface area contributed by atoms with E-state index in [2.05, 4.69) is 10.1 Å². The van der Waals surface area contributed by atoms with E-state index >= 15 is 0 Å². The van der Waals surface area contributed by atoms with Gasteiger partial charge in [-0.1, -0.05) is 25.3 Å².